The fraction of sp³-hybridized carbons (Fsp3) is 0.522. The summed E-state index contributed by atoms with van der Waals surface area (Å²) in [6.07, 6.45) is 0.829. The van der Waals surface area contributed by atoms with Crippen molar-refractivity contribution in [1.82, 2.24) is 15.1 Å². The van der Waals surface area contributed by atoms with Crippen molar-refractivity contribution < 1.29 is 9.59 Å². The normalized spacial score (nSPS) is 17.8. The summed E-state index contributed by atoms with van der Waals surface area (Å²) in [6.45, 7) is 10.3. The van der Waals surface area contributed by atoms with Crippen molar-refractivity contribution in [2.24, 2.45) is 7.05 Å². The SMILES string of the molecule is CC[C@H](C)NC(=O)CN1C(=O)CS[C@@H](c2ccccc2Cl)c2c(C(C)(C)C)nn(C)c21. The fourth-order valence-electron chi connectivity index (χ4n) is 3.74. The van der Waals surface area contributed by atoms with Crippen molar-refractivity contribution in [2.75, 3.05) is 17.2 Å². The Balaban J connectivity index is 2.16. The van der Waals surface area contributed by atoms with E-state index in [1.54, 1.807) is 9.58 Å². The molecule has 0 radical (unpaired) electrons. The second kappa shape index (κ2) is 9.25. The van der Waals surface area contributed by atoms with Gasteiger partial charge in [0.05, 0.1) is 16.7 Å². The van der Waals surface area contributed by atoms with Crippen LogP contribution in [-0.4, -0.2) is 39.9 Å². The second-order valence-corrected chi connectivity index (χ2v) is 10.5. The fourth-order valence-corrected chi connectivity index (χ4v) is 5.29. The number of benzene rings is 1. The Labute approximate surface area is 193 Å². The Morgan fingerprint density at radius 3 is 2.65 bits per heavy atom. The molecule has 6 nitrogen and oxygen atoms in total. The number of aromatic nitrogens is 2. The van der Waals surface area contributed by atoms with Gasteiger partial charge in [-0.1, -0.05) is 57.5 Å². The van der Waals surface area contributed by atoms with Crippen LogP contribution in [0.3, 0.4) is 0 Å². The molecule has 1 aliphatic heterocycles. The molecule has 1 aliphatic rings. The topological polar surface area (TPSA) is 67.2 Å². The number of nitrogens with zero attached hydrogens (tertiary/aromatic N) is 3. The first-order valence-electron chi connectivity index (χ1n) is 10.6. The summed E-state index contributed by atoms with van der Waals surface area (Å²) < 4.78 is 1.74. The molecule has 31 heavy (non-hydrogen) atoms. The number of hydrogen-bond donors (Lipinski definition) is 1. The summed E-state index contributed by atoms with van der Waals surface area (Å²) in [5.41, 5.74) is 2.57. The van der Waals surface area contributed by atoms with Crippen LogP contribution in [-0.2, 0) is 22.1 Å². The summed E-state index contributed by atoms with van der Waals surface area (Å²) >= 11 is 8.11. The lowest BCUT2D eigenvalue weighted by molar-refractivity contribution is -0.123. The number of halogens is 1. The van der Waals surface area contributed by atoms with Crippen LogP contribution < -0.4 is 10.2 Å². The minimum Gasteiger partial charge on any atom is -0.352 e. The second-order valence-electron chi connectivity index (χ2n) is 9.03. The number of thioether (sulfide) groups is 1. The highest BCUT2D eigenvalue weighted by Crippen LogP contribution is 2.48. The Morgan fingerprint density at radius 1 is 1.35 bits per heavy atom. The van der Waals surface area contributed by atoms with Gasteiger partial charge >= 0.3 is 0 Å². The number of anilines is 1. The standard InChI is InChI=1S/C23H31ClN4O2S/c1-7-14(2)25-17(29)12-28-18(30)13-31-20(15-10-8-9-11-16(15)24)19-21(23(3,4)5)26-27(6)22(19)28/h8-11,14,20H,7,12-13H2,1-6H3,(H,25,29)/t14-,20-/m0/s1. The van der Waals surface area contributed by atoms with Gasteiger partial charge in [-0.05, 0) is 25.0 Å². The lowest BCUT2D eigenvalue weighted by atomic mass is 9.87. The zero-order valence-electron chi connectivity index (χ0n) is 19.0. The van der Waals surface area contributed by atoms with Crippen molar-refractivity contribution in [2.45, 2.75) is 57.7 Å². The van der Waals surface area contributed by atoms with Crippen LogP contribution in [0.15, 0.2) is 24.3 Å². The molecule has 1 N–H and O–H groups in total. The molecule has 2 atom stereocenters. The van der Waals surface area contributed by atoms with E-state index in [4.69, 9.17) is 16.7 Å². The number of carbonyl (C=O) groups excluding carboxylic acids is 2. The Morgan fingerprint density at radius 2 is 2.03 bits per heavy atom. The van der Waals surface area contributed by atoms with Crippen LogP contribution in [0.2, 0.25) is 5.02 Å². The van der Waals surface area contributed by atoms with E-state index in [0.29, 0.717) is 10.8 Å². The van der Waals surface area contributed by atoms with Crippen LogP contribution in [0.1, 0.15) is 63.1 Å². The molecule has 0 bridgehead atoms. The van der Waals surface area contributed by atoms with Gasteiger partial charge in [0.1, 0.15) is 12.4 Å². The average molecular weight is 463 g/mol. The van der Waals surface area contributed by atoms with Gasteiger partial charge in [0, 0.05) is 29.1 Å². The first-order chi connectivity index (χ1) is 14.5. The lowest BCUT2D eigenvalue weighted by Crippen LogP contribution is -2.44. The Bertz CT molecular complexity index is 982. The van der Waals surface area contributed by atoms with E-state index in [-0.39, 0.29) is 40.8 Å². The van der Waals surface area contributed by atoms with Crippen LogP contribution in [0, 0.1) is 0 Å². The summed E-state index contributed by atoms with van der Waals surface area (Å²) in [4.78, 5) is 27.5. The molecular weight excluding hydrogens is 432 g/mol. The van der Waals surface area contributed by atoms with Gasteiger partial charge in [-0.3, -0.25) is 19.2 Å². The summed E-state index contributed by atoms with van der Waals surface area (Å²) in [5, 5.41) is 8.28. The summed E-state index contributed by atoms with van der Waals surface area (Å²) in [5.74, 6) is 0.645. The largest absolute Gasteiger partial charge is 0.352 e. The third kappa shape index (κ3) is 4.93. The molecule has 0 saturated carbocycles. The van der Waals surface area contributed by atoms with Gasteiger partial charge in [-0.2, -0.15) is 5.10 Å². The van der Waals surface area contributed by atoms with E-state index >= 15 is 0 Å². The van der Waals surface area contributed by atoms with E-state index < -0.39 is 0 Å². The smallest absolute Gasteiger partial charge is 0.240 e. The molecule has 2 aromatic rings. The van der Waals surface area contributed by atoms with Crippen molar-refractivity contribution in [3.63, 3.8) is 0 Å². The quantitative estimate of drug-likeness (QED) is 0.712. The van der Waals surface area contributed by atoms with Gasteiger partial charge in [0.25, 0.3) is 0 Å². The van der Waals surface area contributed by atoms with Gasteiger partial charge in [-0.15, -0.1) is 11.8 Å². The number of fused-ring (bicyclic) bond motifs is 1. The third-order valence-corrected chi connectivity index (χ3v) is 7.05. The zero-order valence-corrected chi connectivity index (χ0v) is 20.6. The maximum Gasteiger partial charge on any atom is 0.240 e. The maximum atomic E-state index is 13.2. The number of amides is 2. The van der Waals surface area contributed by atoms with Crippen molar-refractivity contribution in [3.8, 4) is 0 Å². The molecule has 0 fully saturated rings. The molecule has 168 valence electrons. The van der Waals surface area contributed by atoms with Gasteiger partial charge in [-0.25, -0.2) is 0 Å². The zero-order chi connectivity index (χ0) is 22.9. The van der Waals surface area contributed by atoms with Crippen LogP contribution in [0.5, 0.6) is 0 Å². The van der Waals surface area contributed by atoms with Crippen LogP contribution in [0.4, 0.5) is 5.82 Å². The van der Waals surface area contributed by atoms with Crippen LogP contribution in [0.25, 0.3) is 0 Å². The van der Waals surface area contributed by atoms with Gasteiger partial charge < -0.3 is 5.32 Å². The molecule has 0 saturated heterocycles. The van der Waals surface area contributed by atoms with Crippen molar-refractivity contribution in [3.05, 3.63) is 46.1 Å². The van der Waals surface area contributed by atoms with Gasteiger partial charge in [0.2, 0.25) is 11.8 Å². The molecule has 3 rings (SSSR count). The lowest BCUT2D eigenvalue weighted by Gasteiger charge is -2.25. The monoisotopic (exact) mass is 462 g/mol. The van der Waals surface area contributed by atoms with E-state index in [1.807, 2.05) is 45.2 Å². The highest BCUT2D eigenvalue weighted by molar-refractivity contribution is 8.00. The highest BCUT2D eigenvalue weighted by Gasteiger charge is 2.39. The molecule has 2 amide bonds. The predicted octanol–water partition coefficient (Wildman–Crippen LogP) is 4.45. The highest BCUT2D eigenvalue weighted by atomic mass is 35.5. The number of aryl methyl sites for hydroxylation is 1. The maximum absolute atomic E-state index is 13.2. The number of carbonyl (C=O) groups is 2. The van der Waals surface area contributed by atoms with E-state index in [2.05, 4.69) is 26.1 Å². The van der Waals surface area contributed by atoms with Crippen molar-refractivity contribution in [1.29, 1.82) is 0 Å². The minimum absolute atomic E-state index is 0.0326. The van der Waals surface area contributed by atoms with E-state index in [0.717, 1.165) is 23.2 Å². The minimum atomic E-state index is -0.247. The number of hydrogen-bond acceptors (Lipinski definition) is 4. The molecule has 8 heteroatoms. The molecule has 0 unspecified atom stereocenters. The van der Waals surface area contributed by atoms with Crippen molar-refractivity contribution >= 4 is 41.0 Å². The molecule has 1 aromatic carbocycles. The van der Waals surface area contributed by atoms with E-state index in [1.165, 1.54) is 11.8 Å². The van der Waals surface area contributed by atoms with Crippen LogP contribution >= 0.6 is 23.4 Å². The number of rotatable bonds is 5. The third-order valence-electron chi connectivity index (χ3n) is 5.46. The molecule has 2 heterocycles. The first-order valence-corrected chi connectivity index (χ1v) is 12.0. The first kappa shape index (κ1) is 23.7. The Kier molecular flexibility index (Phi) is 7.06. The average Bonchev–Trinajstić information content (AvgIpc) is 2.97. The predicted molar refractivity (Wildman–Crippen MR) is 128 cm³/mol. The Hall–Kier alpha value is -1.99. The summed E-state index contributed by atoms with van der Waals surface area (Å²) in [6, 6.07) is 7.78. The summed E-state index contributed by atoms with van der Waals surface area (Å²) in [7, 11) is 1.83. The van der Waals surface area contributed by atoms with E-state index in [9.17, 15) is 9.59 Å². The molecule has 0 spiro atoms. The molecular formula is C23H31ClN4O2S. The molecule has 1 aromatic heterocycles. The molecule has 0 aliphatic carbocycles. The van der Waals surface area contributed by atoms with Gasteiger partial charge in [0.15, 0.2) is 0 Å². The number of nitrogens with one attached hydrogen (secondary N) is 1.